The molecule has 3 aromatic rings. The second kappa shape index (κ2) is 7.14. The Balaban J connectivity index is 1.67. The van der Waals surface area contributed by atoms with Crippen molar-refractivity contribution in [3.8, 4) is 10.8 Å². The minimum atomic E-state index is -3.78. The predicted octanol–water partition coefficient (Wildman–Crippen LogP) is 4.33. The van der Waals surface area contributed by atoms with Crippen LogP contribution in [0.4, 0.5) is 0 Å². The van der Waals surface area contributed by atoms with E-state index >= 15 is 0 Å². The quantitative estimate of drug-likeness (QED) is 0.594. The molecule has 1 aromatic carbocycles. The molecule has 0 aliphatic carbocycles. The van der Waals surface area contributed by atoms with E-state index in [2.05, 4.69) is 15.2 Å². The van der Waals surface area contributed by atoms with Crippen molar-refractivity contribution < 1.29 is 12.8 Å². The van der Waals surface area contributed by atoms with Crippen LogP contribution in [0.5, 0.6) is 0 Å². The van der Waals surface area contributed by atoms with Crippen molar-refractivity contribution >= 4 is 44.6 Å². The van der Waals surface area contributed by atoms with Crippen LogP contribution in [0.2, 0.25) is 10.0 Å². The molecule has 0 amide bonds. The minimum Gasteiger partial charge on any atom is -0.418 e. The van der Waals surface area contributed by atoms with E-state index < -0.39 is 16.1 Å². The Hall–Kier alpha value is -1.52. The van der Waals surface area contributed by atoms with Crippen LogP contribution in [0.15, 0.2) is 33.0 Å². The van der Waals surface area contributed by atoms with E-state index in [1.54, 1.807) is 5.51 Å². The maximum Gasteiger partial charge on any atom is 0.259 e. The van der Waals surface area contributed by atoms with Gasteiger partial charge in [-0.25, -0.2) is 13.4 Å². The van der Waals surface area contributed by atoms with Crippen molar-refractivity contribution in [1.29, 1.82) is 0 Å². The average molecular weight is 445 g/mol. The van der Waals surface area contributed by atoms with Crippen LogP contribution < -0.4 is 0 Å². The zero-order valence-electron chi connectivity index (χ0n) is 14.1. The molecule has 11 heteroatoms. The van der Waals surface area contributed by atoms with Crippen molar-refractivity contribution in [3.05, 3.63) is 45.3 Å². The third-order valence-corrected chi connectivity index (χ3v) is 7.93. The molecule has 27 heavy (non-hydrogen) atoms. The Bertz CT molecular complexity index is 1100. The molecule has 0 radical (unpaired) electrons. The van der Waals surface area contributed by atoms with Gasteiger partial charge in [0.2, 0.25) is 15.9 Å². The molecule has 3 heterocycles. The highest BCUT2D eigenvalue weighted by atomic mass is 35.5. The minimum absolute atomic E-state index is 0.0850. The van der Waals surface area contributed by atoms with E-state index in [0.717, 1.165) is 10.6 Å². The second-order valence-electron chi connectivity index (χ2n) is 6.06. The molecule has 4 rings (SSSR count). The molecule has 1 atom stereocenters. The lowest BCUT2D eigenvalue weighted by Crippen LogP contribution is -2.30. The zero-order valence-corrected chi connectivity index (χ0v) is 17.2. The van der Waals surface area contributed by atoms with Crippen molar-refractivity contribution in [3.63, 3.8) is 0 Å². The summed E-state index contributed by atoms with van der Waals surface area (Å²) in [6.45, 7) is 2.22. The van der Waals surface area contributed by atoms with Gasteiger partial charge in [-0.3, -0.25) is 0 Å². The summed E-state index contributed by atoms with van der Waals surface area (Å²) in [5, 5.41) is 8.66. The summed E-state index contributed by atoms with van der Waals surface area (Å²) in [4.78, 5) is 5.04. The molecule has 2 aromatic heterocycles. The topological polar surface area (TPSA) is 89.2 Å². The van der Waals surface area contributed by atoms with Crippen LogP contribution in [-0.4, -0.2) is 34.4 Å². The van der Waals surface area contributed by atoms with Crippen molar-refractivity contribution in [2.24, 2.45) is 0 Å². The lowest BCUT2D eigenvalue weighted by molar-refractivity contribution is 0.332. The molecular formula is C16H14Cl2N4O3S2. The Labute approximate surface area is 170 Å². The molecule has 0 unspecified atom stereocenters. The van der Waals surface area contributed by atoms with Gasteiger partial charge in [0, 0.05) is 6.54 Å². The first-order valence-electron chi connectivity index (χ1n) is 8.08. The normalized spacial score (nSPS) is 18.3. The van der Waals surface area contributed by atoms with Gasteiger partial charge in [0.05, 0.1) is 26.1 Å². The standard InChI is InChI=1S/C16H14Cl2N4O3S2/c1-9-14(26-8-19-9)16-21-20-15(25-16)13-3-2-6-22(13)27(23,24)10-4-5-11(17)12(18)7-10/h4-5,7-8,13H,2-3,6H2,1H3/t13-/m1/s1. The number of halogens is 2. The molecule has 0 saturated carbocycles. The van der Waals surface area contributed by atoms with E-state index in [4.69, 9.17) is 27.6 Å². The van der Waals surface area contributed by atoms with Crippen LogP contribution in [0, 0.1) is 6.92 Å². The van der Waals surface area contributed by atoms with Gasteiger partial charge >= 0.3 is 0 Å². The van der Waals surface area contributed by atoms with Gasteiger partial charge in [0.15, 0.2) is 0 Å². The number of rotatable bonds is 4. The molecule has 0 bridgehead atoms. The highest BCUT2D eigenvalue weighted by Gasteiger charge is 2.39. The maximum atomic E-state index is 13.1. The average Bonchev–Trinajstić information content (AvgIpc) is 3.35. The third-order valence-electron chi connectivity index (χ3n) is 4.37. The molecule has 1 aliphatic heterocycles. The molecule has 1 fully saturated rings. The van der Waals surface area contributed by atoms with Crippen LogP contribution in [-0.2, 0) is 10.0 Å². The fraction of sp³-hybridized carbons (Fsp3) is 0.312. The van der Waals surface area contributed by atoms with Gasteiger partial charge in [0.25, 0.3) is 5.89 Å². The number of aryl methyl sites for hydroxylation is 1. The highest BCUT2D eigenvalue weighted by molar-refractivity contribution is 7.89. The SMILES string of the molecule is Cc1ncsc1-c1nnc([C@H]2CCCN2S(=O)(=O)c2ccc(Cl)c(Cl)c2)o1. The summed E-state index contributed by atoms with van der Waals surface area (Å²) in [6.07, 6.45) is 1.30. The summed E-state index contributed by atoms with van der Waals surface area (Å²) in [5.74, 6) is 0.628. The number of thiazole rings is 1. The van der Waals surface area contributed by atoms with Gasteiger partial charge < -0.3 is 4.42 Å². The lowest BCUT2D eigenvalue weighted by Gasteiger charge is -2.21. The summed E-state index contributed by atoms with van der Waals surface area (Å²) < 4.78 is 33.4. The Morgan fingerprint density at radius 3 is 2.78 bits per heavy atom. The highest BCUT2D eigenvalue weighted by Crippen LogP contribution is 2.38. The molecule has 1 aliphatic rings. The van der Waals surface area contributed by atoms with Gasteiger partial charge in [-0.2, -0.15) is 4.31 Å². The molecule has 142 valence electrons. The van der Waals surface area contributed by atoms with E-state index in [9.17, 15) is 8.42 Å². The van der Waals surface area contributed by atoms with Crippen molar-refractivity contribution in [2.45, 2.75) is 30.7 Å². The van der Waals surface area contributed by atoms with Gasteiger partial charge in [-0.1, -0.05) is 23.2 Å². The number of nitrogens with zero attached hydrogens (tertiary/aromatic N) is 4. The largest absolute Gasteiger partial charge is 0.418 e. The zero-order chi connectivity index (χ0) is 19.2. The van der Waals surface area contributed by atoms with Gasteiger partial charge in [-0.15, -0.1) is 21.5 Å². The number of aromatic nitrogens is 3. The first kappa shape index (κ1) is 18.8. The van der Waals surface area contributed by atoms with E-state index in [1.807, 2.05) is 6.92 Å². The smallest absolute Gasteiger partial charge is 0.259 e. The number of hydrogen-bond acceptors (Lipinski definition) is 7. The molecule has 0 N–H and O–H groups in total. The first-order chi connectivity index (χ1) is 12.9. The first-order valence-corrected chi connectivity index (χ1v) is 11.2. The van der Waals surface area contributed by atoms with Crippen molar-refractivity contribution in [1.82, 2.24) is 19.5 Å². The fourth-order valence-electron chi connectivity index (χ4n) is 3.02. The third kappa shape index (κ3) is 3.38. The van der Waals surface area contributed by atoms with Gasteiger partial charge in [0.1, 0.15) is 10.9 Å². The van der Waals surface area contributed by atoms with E-state index in [-0.39, 0.29) is 15.8 Å². The van der Waals surface area contributed by atoms with E-state index in [0.29, 0.717) is 30.3 Å². The van der Waals surface area contributed by atoms with Crippen molar-refractivity contribution in [2.75, 3.05) is 6.54 Å². The fourth-order valence-corrected chi connectivity index (χ4v) is 5.78. The molecule has 7 nitrogen and oxygen atoms in total. The summed E-state index contributed by atoms with van der Waals surface area (Å²) in [5.41, 5.74) is 2.49. The summed E-state index contributed by atoms with van der Waals surface area (Å²) in [6, 6.07) is 3.76. The van der Waals surface area contributed by atoms with E-state index in [1.165, 1.54) is 33.8 Å². The predicted molar refractivity (Wildman–Crippen MR) is 102 cm³/mol. The van der Waals surface area contributed by atoms with Crippen LogP contribution in [0.25, 0.3) is 10.8 Å². The van der Waals surface area contributed by atoms with Crippen LogP contribution in [0.3, 0.4) is 0 Å². The molecule has 0 spiro atoms. The molecular weight excluding hydrogens is 431 g/mol. The Morgan fingerprint density at radius 1 is 1.26 bits per heavy atom. The van der Waals surface area contributed by atoms with Gasteiger partial charge in [-0.05, 0) is 38.0 Å². The summed E-state index contributed by atoms with van der Waals surface area (Å²) in [7, 11) is -3.78. The summed E-state index contributed by atoms with van der Waals surface area (Å²) >= 11 is 13.3. The number of hydrogen-bond donors (Lipinski definition) is 0. The lowest BCUT2D eigenvalue weighted by atomic mass is 10.2. The van der Waals surface area contributed by atoms with Crippen LogP contribution >= 0.6 is 34.5 Å². The second-order valence-corrected chi connectivity index (χ2v) is 9.62. The van der Waals surface area contributed by atoms with Crippen LogP contribution in [0.1, 0.15) is 30.5 Å². The number of sulfonamides is 1. The molecule has 1 saturated heterocycles. The maximum absolute atomic E-state index is 13.1. The number of benzene rings is 1. The monoisotopic (exact) mass is 444 g/mol. The Kier molecular flexibility index (Phi) is 4.98. The Morgan fingerprint density at radius 2 is 2.07 bits per heavy atom.